The fourth-order valence-corrected chi connectivity index (χ4v) is 5.61. The number of fused-ring (bicyclic) bond motifs is 1. The highest BCUT2D eigenvalue weighted by Gasteiger charge is 2.30. The van der Waals surface area contributed by atoms with Crippen LogP contribution in [0.5, 0.6) is 5.75 Å². The van der Waals surface area contributed by atoms with Crippen molar-refractivity contribution >= 4 is 38.1 Å². The number of benzene rings is 3. The molecule has 3 aromatic rings. The Kier molecular flexibility index (Phi) is 5.67. The second-order valence-corrected chi connectivity index (χ2v) is 9.20. The SMILES string of the molecule is CCOc1ccccc1N1CCN(S(=O)(=O)c2ccc(Cl)c3ccccc23)CC1. The summed E-state index contributed by atoms with van der Waals surface area (Å²) in [6, 6.07) is 18.5. The van der Waals surface area contributed by atoms with E-state index in [9.17, 15) is 8.42 Å². The van der Waals surface area contributed by atoms with Gasteiger partial charge in [0.2, 0.25) is 10.0 Å². The molecule has 0 spiro atoms. The first-order valence-corrected chi connectivity index (χ1v) is 11.5. The Morgan fingerprint density at radius 1 is 0.897 bits per heavy atom. The molecule has 0 atom stereocenters. The molecule has 1 aliphatic rings. The molecule has 0 aliphatic carbocycles. The van der Waals surface area contributed by atoms with Crippen LogP contribution in [-0.4, -0.2) is 45.5 Å². The van der Waals surface area contributed by atoms with Gasteiger partial charge in [0.25, 0.3) is 0 Å². The van der Waals surface area contributed by atoms with Gasteiger partial charge in [-0.15, -0.1) is 0 Å². The van der Waals surface area contributed by atoms with Gasteiger partial charge in [0.05, 0.1) is 17.2 Å². The number of para-hydroxylation sites is 2. The number of piperazine rings is 1. The first-order chi connectivity index (χ1) is 14.0. The van der Waals surface area contributed by atoms with Gasteiger partial charge in [0.1, 0.15) is 5.75 Å². The number of hydrogen-bond donors (Lipinski definition) is 0. The smallest absolute Gasteiger partial charge is 0.243 e. The van der Waals surface area contributed by atoms with E-state index in [0.29, 0.717) is 48.1 Å². The molecule has 3 aromatic carbocycles. The maximum atomic E-state index is 13.4. The van der Waals surface area contributed by atoms with Crippen molar-refractivity contribution in [1.82, 2.24) is 4.31 Å². The van der Waals surface area contributed by atoms with E-state index < -0.39 is 10.0 Å². The third-order valence-corrected chi connectivity index (χ3v) is 7.48. The van der Waals surface area contributed by atoms with E-state index in [4.69, 9.17) is 16.3 Å². The number of nitrogens with zero attached hydrogens (tertiary/aromatic N) is 2. The lowest BCUT2D eigenvalue weighted by atomic mass is 10.1. The predicted molar refractivity (Wildman–Crippen MR) is 118 cm³/mol. The van der Waals surface area contributed by atoms with Gasteiger partial charge < -0.3 is 9.64 Å². The third-order valence-electron chi connectivity index (χ3n) is 5.19. The highest BCUT2D eigenvalue weighted by molar-refractivity contribution is 7.89. The summed E-state index contributed by atoms with van der Waals surface area (Å²) in [4.78, 5) is 2.48. The molecule has 0 radical (unpaired) electrons. The molecule has 1 fully saturated rings. The Bertz CT molecular complexity index is 1130. The van der Waals surface area contributed by atoms with Crippen molar-refractivity contribution in [3.8, 4) is 5.75 Å². The Hall–Kier alpha value is -2.28. The molecule has 7 heteroatoms. The Balaban J connectivity index is 1.58. The molecule has 5 nitrogen and oxygen atoms in total. The van der Waals surface area contributed by atoms with Gasteiger partial charge in [-0.25, -0.2) is 8.42 Å². The zero-order valence-corrected chi connectivity index (χ0v) is 17.8. The molecule has 1 heterocycles. The van der Waals surface area contributed by atoms with Crippen LogP contribution in [0.4, 0.5) is 5.69 Å². The van der Waals surface area contributed by atoms with Crippen molar-refractivity contribution in [1.29, 1.82) is 0 Å². The molecule has 0 unspecified atom stereocenters. The molecule has 0 amide bonds. The summed E-state index contributed by atoms with van der Waals surface area (Å²) in [5, 5.41) is 1.96. The van der Waals surface area contributed by atoms with Crippen LogP contribution in [0.1, 0.15) is 6.92 Å². The lowest BCUT2D eigenvalue weighted by Gasteiger charge is -2.36. The first-order valence-electron chi connectivity index (χ1n) is 9.66. The summed E-state index contributed by atoms with van der Waals surface area (Å²) < 4.78 is 34.0. The minimum atomic E-state index is -3.61. The molecule has 1 aliphatic heterocycles. The Morgan fingerprint density at radius 3 is 2.28 bits per heavy atom. The van der Waals surface area contributed by atoms with Crippen molar-refractivity contribution < 1.29 is 13.2 Å². The third kappa shape index (κ3) is 3.80. The summed E-state index contributed by atoms with van der Waals surface area (Å²) in [6.45, 7) is 4.59. The van der Waals surface area contributed by atoms with E-state index >= 15 is 0 Å². The van der Waals surface area contributed by atoms with Gasteiger partial charge in [-0.2, -0.15) is 4.31 Å². The minimum absolute atomic E-state index is 0.306. The lowest BCUT2D eigenvalue weighted by molar-refractivity contribution is 0.337. The van der Waals surface area contributed by atoms with Crippen LogP contribution in [0.2, 0.25) is 5.02 Å². The Labute approximate surface area is 176 Å². The zero-order chi connectivity index (χ0) is 20.4. The van der Waals surface area contributed by atoms with E-state index in [2.05, 4.69) is 4.90 Å². The van der Waals surface area contributed by atoms with E-state index in [1.54, 1.807) is 16.4 Å². The standard InChI is InChI=1S/C22H23ClN2O3S/c1-2-28-21-10-6-5-9-20(21)24-13-15-25(16-14-24)29(26,27)22-12-11-19(23)17-7-3-4-8-18(17)22/h3-12H,2,13-16H2,1H3. The molecule has 0 bridgehead atoms. The van der Waals surface area contributed by atoms with Gasteiger partial charge in [-0.05, 0) is 31.2 Å². The van der Waals surface area contributed by atoms with Crippen LogP contribution in [0.25, 0.3) is 10.8 Å². The highest BCUT2D eigenvalue weighted by atomic mass is 35.5. The highest BCUT2D eigenvalue weighted by Crippen LogP contribution is 2.33. The monoisotopic (exact) mass is 430 g/mol. The van der Waals surface area contributed by atoms with Crippen LogP contribution in [0.3, 0.4) is 0 Å². The van der Waals surface area contributed by atoms with Crippen molar-refractivity contribution in [2.75, 3.05) is 37.7 Å². The van der Waals surface area contributed by atoms with Crippen LogP contribution in [0, 0.1) is 0 Å². The summed E-state index contributed by atoms with van der Waals surface area (Å²) >= 11 is 6.27. The number of anilines is 1. The topological polar surface area (TPSA) is 49.9 Å². The normalized spacial score (nSPS) is 15.6. The first kappa shape index (κ1) is 20.0. The van der Waals surface area contributed by atoms with Gasteiger partial charge in [0, 0.05) is 42.0 Å². The van der Waals surface area contributed by atoms with E-state index in [-0.39, 0.29) is 0 Å². The molecule has 0 saturated carbocycles. The molecule has 29 heavy (non-hydrogen) atoms. The van der Waals surface area contributed by atoms with Crippen molar-refractivity contribution in [2.24, 2.45) is 0 Å². The molecule has 4 rings (SSSR count). The number of sulfonamides is 1. The van der Waals surface area contributed by atoms with Gasteiger partial charge in [-0.3, -0.25) is 0 Å². The van der Waals surface area contributed by atoms with Crippen molar-refractivity contribution in [3.05, 3.63) is 65.7 Å². The second-order valence-electron chi connectivity index (χ2n) is 6.88. The molecule has 0 aromatic heterocycles. The van der Waals surface area contributed by atoms with E-state index in [0.717, 1.165) is 16.8 Å². The fourth-order valence-electron chi connectivity index (χ4n) is 3.76. The maximum absolute atomic E-state index is 13.4. The average Bonchev–Trinajstić information content (AvgIpc) is 2.75. The van der Waals surface area contributed by atoms with Crippen molar-refractivity contribution in [2.45, 2.75) is 11.8 Å². The Morgan fingerprint density at radius 2 is 1.55 bits per heavy atom. The summed E-state index contributed by atoms with van der Waals surface area (Å²) in [5.41, 5.74) is 1.00. The van der Waals surface area contributed by atoms with Gasteiger partial charge in [0.15, 0.2) is 0 Å². The number of hydrogen-bond acceptors (Lipinski definition) is 4. The molecule has 152 valence electrons. The summed E-state index contributed by atoms with van der Waals surface area (Å²) in [7, 11) is -3.61. The zero-order valence-electron chi connectivity index (χ0n) is 16.2. The molecule has 1 saturated heterocycles. The van der Waals surface area contributed by atoms with E-state index in [1.807, 2.05) is 55.5 Å². The quantitative estimate of drug-likeness (QED) is 0.601. The van der Waals surface area contributed by atoms with Crippen LogP contribution < -0.4 is 9.64 Å². The molecular weight excluding hydrogens is 408 g/mol. The van der Waals surface area contributed by atoms with Crippen LogP contribution in [-0.2, 0) is 10.0 Å². The number of halogens is 1. The lowest BCUT2D eigenvalue weighted by Crippen LogP contribution is -2.48. The number of rotatable bonds is 5. The maximum Gasteiger partial charge on any atom is 0.243 e. The second kappa shape index (κ2) is 8.22. The van der Waals surface area contributed by atoms with Crippen LogP contribution >= 0.6 is 11.6 Å². The van der Waals surface area contributed by atoms with E-state index in [1.165, 1.54) is 0 Å². The van der Waals surface area contributed by atoms with Crippen molar-refractivity contribution in [3.63, 3.8) is 0 Å². The number of ether oxygens (including phenoxy) is 1. The largest absolute Gasteiger partial charge is 0.492 e. The average molecular weight is 431 g/mol. The summed E-state index contributed by atoms with van der Waals surface area (Å²) in [5.74, 6) is 0.829. The molecular formula is C22H23ClN2O3S. The predicted octanol–water partition coefficient (Wildman–Crippen LogP) is 4.40. The summed E-state index contributed by atoms with van der Waals surface area (Å²) in [6.07, 6.45) is 0. The van der Waals surface area contributed by atoms with Gasteiger partial charge >= 0.3 is 0 Å². The van der Waals surface area contributed by atoms with Gasteiger partial charge in [-0.1, -0.05) is 48.0 Å². The fraction of sp³-hybridized carbons (Fsp3) is 0.273. The minimum Gasteiger partial charge on any atom is -0.492 e. The van der Waals surface area contributed by atoms with Crippen LogP contribution in [0.15, 0.2) is 65.6 Å². The molecule has 0 N–H and O–H groups in total.